The number of esters is 1. The molecule has 0 spiro atoms. The Morgan fingerprint density at radius 2 is 2.18 bits per heavy atom. The second-order valence-electron chi connectivity index (χ2n) is 3.39. The highest BCUT2D eigenvalue weighted by Crippen LogP contribution is 2.14. The van der Waals surface area contributed by atoms with Gasteiger partial charge < -0.3 is 15.2 Å². The van der Waals surface area contributed by atoms with E-state index in [1.165, 1.54) is 7.11 Å². The first-order chi connectivity index (χ1) is 7.76. The summed E-state index contributed by atoms with van der Waals surface area (Å²) < 4.78 is 10.1. The van der Waals surface area contributed by atoms with Crippen molar-refractivity contribution in [3.05, 3.63) is 29.8 Å². The zero-order valence-electron chi connectivity index (χ0n) is 9.85. The van der Waals surface area contributed by atoms with Gasteiger partial charge in [-0.25, -0.2) is 0 Å². The van der Waals surface area contributed by atoms with Crippen LogP contribution in [0, 0.1) is 0 Å². The van der Waals surface area contributed by atoms with Crippen LogP contribution in [0.15, 0.2) is 24.3 Å². The van der Waals surface area contributed by atoms with E-state index in [4.69, 9.17) is 10.5 Å². The molecule has 1 aromatic rings. The Balaban J connectivity index is 0.00000256. The summed E-state index contributed by atoms with van der Waals surface area (Å²) in [6.07, 6.45) is 1.09. The predicted octanol–water partition coefficient (Wildman–Crippen LogP) is 1.55. The van der Waals surface area contributed by atoms with E-state index >= 15 is 0 Å². The molecule has 1 rings (SSSR count). The average Bonchev–Trinajstić information content (AvgIpc) is 2.30. The van der Waals surface area contributed by atoms with Gasteiger partial charge in [-0.15, -0.1) is 12.4 Å². The van der Waals surface area contributed by atoms with Gasteiger partial charge in [-0.05, 0) is 30.7 Å². The van der Waals surface area contributed by atoms with Crippen molar-refractivity contribution in [2.45, 2.75) is 12.8 Å². The number of carbonyl (C=O) groups is 1. The van der Waals surface area contributed by atoms with Gasteiger partial charge in [0.1, 0.15) is 5.75 Å². The van der Waals surface area contributed by atoms with Gasteiger partial charge in [-0.1, -0.05) is 12.1 Å². The molecule has 0 bridgehead atoms. The highest BCUT2D eigenvalue weighted by molar-refractivity contribution is 5.85. The van der Waals surface area contributed by atoms with Crippen molar-refractivity contribution in [2.75, 3.05) is 20.3 Å². The van der Waals surface area contributed by atoms with E-state index in [-0.39, 0.29) is 24.8 Å². The molecular weight excluding hydrogens is 242 g/mol. The molecule has 4 nitrogen and oxygen atoms in total. The predicted molar refractivity (Wildman–Crippen MR) is 68.6 cm³/mol. The first kappa shape index (κ1) is 15.7. The van der Waals surface area contributed by atoms with E-state index in [1.807, 2.05) is 24.3 Å². The van der Waals surface area contributed by atoms with E-state index in [0.717, 1.165) is 17.7 Å². The second kappa shape index (κ2) is 8.84. The van der Waals surface area contributed by atoms with Crippen LogP contribution in [0.3, 0.4) is 0 Å². The van der Waals surface area contributed by atoms with Gasteiger partial charge in [-0.3, -0.25) is 4.79 Å². The molecule has 2 N–H and O–H groups in total. The van der Waals surface area contributed by atoms with Gasteiger partial charge in [0.05, 0.1) is 20.1 Å². The fourth-order valence-electron chi connectivity index (χ4n) is 1.26. The molecule has 1 aromatic carbocycles. The Bertz CT molecular complexity index is 344. The van der Waals surface area contributed by atoms with E-state index in [2.05, 4.69) is 4.74 Å². The number of benzene rings is 1. The zero-order chi connectivity index (χ0) is 11.8. The molecule has 0 aromatic heterocycles. The molecule has 0 heterocycles. The number of hydrogen-bond donors (Lipinski definition) is 1. The number of halogens is 1. The van der Waals surface area contributed by atoms with Crippen LogP contribution in [0.1, 0.15) is 12.0 Å². The molecule has 0 saturated carbocycles. The Morgan fingerprint density at radius 1 is 1.41 bits per heavy atom. The lowest BCUT2D eigenvalue weighted by Gasteiger charge is -2.06. The van der Waals surface area contributed by atoms with Gasteiger partial charge in [-0.2, -0.15) is 0 Å². The first-order valence-corrected chi connectivity index (χ1v) is 5.25. The number of methoxy groups -OCH3 is 1. The molecule has 0 unspecified atom stereocenters. The fraction of sp³-hybridized carbons (Fsp3) is 0.417. The third-order valence-electron chi connectivity index (χ3n) is 2.09. The third kappa shape index (κ3) is 6.14. The van der Waals surface area contributed by atoms with E-state index in [1.54, 1.807) is 0 Å². The summed E-state index contributed by atoms with van der Waals surface area (Å²) in [5.41, 5.74) is 6.25. The van der Waals surface area contributed by atoms with Crippen LogP contribution >= 0.6 is 12.4 Å². The summed E-state index contributed by atoms with van der Waals surface area (Å²) in [6, 6.07) is 7.42. The van der Waals surface area contributed by atoms with Gasteiger partial charge in [0.25, 0.3) is 0 Å². The molecule has 0 radical (unpaired) electrons. The first-order valence-electron chi connectivity index (χ1n) is 5.25. The van der Waals surface area contributed by atoms with Crippen molar-refractivity contribution in [1.82, 2.24) is 0 Å². The monoisotopic (exact) mass is 259 g/mol. The quantitative estimate of drug-likeness (QED) is 0.622. The van der Waals surface area contributed by atoms with E-state index < -0.39 is 0 Å². The minimum Gasteiger partial charge on any atom is -0.494 e. The summed E-state index contributed by atoms with van der Waals surface area (Å²) in [7, 11) is 1.38. The summed E-state index contributed by atoms with van der Waals surface area (Å²) in [4.78, 5) is 11.1. The van der Waals surface area contributed by atoms with Crippen LogP contribution in [-0.4, -0.2) is 26.2 Å². The average molecular weight is 260 g/mol. The molecule has 0 aliphatic rings. The summed E-state index contributed by atoms with van der Waals surface area (Å²) in [5.74, 6) is 0.508. The van der Waals surface area contributed by atoms with Crippen molar-refractivity contribution in [2.24, 2.45) is 5.73 Å². The lowest BCUT2D eigenvalue weighted by Crippen LogP contribution is -2.07. The Hall–Kier alpha value is -1.26. The minimum absolute atomic E-state index is 0. The minimum atomic E-state index is -0.251. The Kier molecular flexibility index (Phi) is 8.19. The lowest BCUT2D eigenvalue weighted by atomic mass is 10.1. The van der Waals surface area contributed by atoms with Crippen LogP contribution in [0.25, 0.3) is 0 Å². The number of hydrogen-bond acceptors (Lipinski definition) is 4. The Morgan fingerprint density at radius 3 is 2.82 bits per heavy atom. The van der Waals surface area contributed by atoms with Gasteiger partial charge in [0, 0.05) is 0 Å². The van der Waals surface area contributed by atoms with Crippen molar-refractivity contribution in [3.8, 4) is 5.75 Å². The van der Waals surface area contributed by atoms with Crippen LogP contribution in [-0.2, 0) is 16.0 Å². The number of carbonyl (C=O) groups excluding carboxylic acids is 1. The van der Waals surface area contributed by atoms with Gasteiger partial charge in [0.2, 0.25) is 0 Å². The smallest absolute Gasteiger partial charge is 0.309 e. The largest absolute Gasteiger partial charge is 0.494 e. The maximum Gasteiger partial charge on any atom is 0.309 e. The van der Waals surface area contributed by atoms with Gasteiger partial charge in [0.15, 0.2) is 0 Å². The summed E-state index contributed by atoms with van der Waals surface area (Å²) >= 11 is 0. The molecule has 17 heavy (non-hydrogen) atoms. The van der Waals surface area contributed by atoms with Gasteiger partial charge >= 0.3 is 5.97 Å². The number of nitrogens with two attached hydrogens (primary N) is 1. The van der Waals surface area contributed by atoms with Crippen LogP contribution in [0.5, 0.6) is 5.75 Å². The summed E-state index contributed by atoms with van der Waals surface area (Å²) in [6.45, 7) is 1.21. The SMILES string of the molecule is COC(=O)Cc1cccc(OCCCN)c1.Cl. The lowest BCUT2D eigenvalue weighted by molar-refractivity contribution is -0.139. The maximum atomic E-state index is 11.1. The molecule has 96 valence electrons. The van der Waals surface area contributed by atoms with E-state index in [0.29, 0.717) is 13.2 Å². The highest BCUT2D eigenvalue weighted by Gasteiger charge is 2.03. The van der Waals surface area contributed by atoms with Crippen molar-refractivity contribution < 1.29 is 14.3 Å². The van der Waals surface area contributed by atoms with Crippen molar-refractivity contribution in [1.29, 1.82) is 0 Å². The number of rotatable bonds is 6. The standard InChI is InChI=1S/C12H17NO3.ClH/c1-15-12(14)9-10-4-2-5-11(8-10)16-7-3-6-13;/h2,4-5,8H,3,6-7,9,13H2,1H3;1H. The van der Waals surface area contributed by atoms with E-state index in [9.17, 15) is 4.79 Å². The van der Waals surface area contributed by atoms with Crippen molar-refractivity contribution in [3.63, 3.8) is 0 Å². The zero-order valence-corrected chi connectivity index (χ0v) is 10.7. The molecular formula is C12H18ClNO3. The molecule has 0 atom stereocenters. The normalized spacial score (nSPS) is 9.29. The molecule has 5 heteroatoms. The fourth-order valence-corrected chi connectivity index (χ4v) is 1.26. The molecule has 0 aliphatic carbocycles. The highest BCUT2D eigenvalue weighted by atomic mass is 35.5. The topological polar surface area (TPSA) is 61.5 Å². The molecule has 0 aliphatic heterocycles. The van der Waals surface area contributed by atoms with Crippen molar-refractivity contribution >= 4 is 18.4 Å². The Labute approximate surface area is 108 Å². The van der Waals surface area contributed by atoms with Crippen LogP contribution in [0.2, 0.25) is 0 Å². The third-order valence-corrected chi connectivity index (χ3v) is 2.09. The number of ether oxygens (including phenoxy) is 2. The van der Waals surface area contributed by atoms with Crippen LogP contribution < -0.4 is 10.5 Å². The molecule has 0 saturated heterocycles. The summed E-state index contributed by atoms with van der Waals surface area (Å²) in [5, 5.41) is 0. The molecule has 0 fully saturated rings. The van der Waals surface area contributed by atoms with Crippen LogP contribution in [0.4, 0.5) is 0 Å². The second-order valence-corrected chi connectivity index (χ2v) is 3.39. The molecule has 0 amide bonds. The maximum absolute atomic E-state index is 11.1.